The molecule has 5 nitrogen and oxygen atoms in total. The van der Waals surface area contributed by atoms with Crippen LogP contribution in [-0.4, -0.2) is 26.1 Å². The van der Waals surface area contributed by atoms with Crippen molar-refractivity contribution in [3.8, 4) is 0 Å². The van der Waals surface area contributed by atoms with Crippen molar-refractivity contribution in [2.24, 2.45) is 0 Å². The number of sulfone groups is 1. The maximum absolute atomic E-state index is 12.2. The zero-order valence-electron chi connectivity index (χ0n) is 11.5. The van der Waals surface area contributed by atoms with Crippen LogP contribution in [0.25, 0.3) is 0 Å². The Morgan fingerprint density at radius 3 is 2.50 bits per heavy atom. The summed E-state index contributed by atoms with van der Waals surface area (Å²) >= 11 is 3.20. The topological polar surface area (TPSA) is 89.3 Å². The summed E-state index contributed by atoms with van der Waals surface area (Å²) in [5.41, 5.74) is 5.82. The number of nitrogens with one attached hydrogen (secondary N) is 1. The Kier molecular flexibility index (Phi) is 6.01. The van der Waals surface area contributed by atoms with Gasteiger partial charge in [0.1, 0.15) is 5.75 Å². The molecular weight excluding hydrogens is 344 g/mol. The molecule has 1 aromatic rings. The number of rotatable bonds is 6. The lowest BCUT2D eigenvalue weighted by molar-refractivity contribution is -0.119. The highest BCUT2D eigenvalue weighted by Gasteiger charge is 2.23. The fourth-order valence-corrected chi connectivity index (χ4v) is 3.62. The number of carbonyl (C=O) groups excluding carboxylic acids is 1. The van der Waals surface area contributed by atoms with Crippen LogP contribution in [0.15, 0.2) is 27.6 Å². The van der Waals surface area contributed by atoms with E-state index in [2.05, 4.69) is 21.2 Å². The zero-order valence-corrected chi connectivity index (χ0v) is 13.9. The molecule has 0 bridgehead atoms. The molecular formula is C13H19BrN2O3S. The second kappa shape index (κ2) is 7.08. The monoisotopic (exact) mass is 362 g/mol. The summed E-state index contributed by atoms with van der Waals surface area (Å²) in [5, 5.41) is 2.71. The summed E-state index contributed by atoms with van der Waals surface area (Å²) in [4.78, 5) is 11.8. The largest absolute Gasteiger partial charge is 0.398 e. The van der Waals surface area contributed by atoms with Gasteiger partial charge in [0.25, 0.3) is 0 Å². The Morgan fingerprint density at radius 2 is 1.95 bits per heavy atom. The number of hydrogen-bond acceptors (Lipinski definition) is 4. The van der Waals surface area contributed by atoms with E-state index in [0.29, 0.717) is 4.47 Å². The molecule has 0 unspecified atom stereocenters. The Labute approximate surface area is 128 Å². The molecule has 0 atom stereocenters. The number of nitrogens with two attached hydrogens (primary N) is 1. The van der Waals surface area contributed by atoms with Crippen molar-refractivity contribution < 1.29 is 13.2 Å². The lowest BCUT2D eigenvalue weighted by atomic mass is 10.2. The van der Waals surface area contributed by atoms with Gasteiger partial charge in [-0.05, 0) is 31.0 Å². The summed E-state index contributed by atoms with van der Waals surface area (Å²) in [6.07, 6.45) is 1.53. The smallest absolute Gasteiger partial charge is 0.235 e. The fourth-order valence-electron chi connectivity index (χ4n) is 1.79. The molecule has 0 aliphatic heterocycles. The van der Waals surface area contributed by atoms with Crippen LogP contribution in [-0.2, 0) is 14.6 Å². The van der Waals surface area contributed by atoms with Gasteiger partial charge in [0.05, 0.1) is 10.6 Å². The molecule has 0 heterocycles. The second-order valence-electron chi connectivity index (χ2n) is 4.52. The lowest BCUT2D eigenvalue weighted by Gasteiger charge is -2.15. The molecule has 0 aliphatic carbocycles. The number of halogens is 1. The Bertz CT molecular complexity index is 583. The third kappa shape index (κ3) is 4.49. The Hall–Kier alpha value is -1.08. The van der Waals surface area contributed by atoms with Gasteiger partial charge >= 0.3 is 0 Å². The molecule has 0 fully saturated rings. The SMILES string of the molecule is CCC(CC)NC(=O)CS(=O)(=O)c1cc(Br)ccc1N. The summed E-state index contributed by atoms with van der Waals surface area (Å²) in [5.74, 6) is -1.09. The van der Waals surface area contributed by atoms with Crippen molar-refractivity contribution in [1.82, 2.24) is 5.32 Å². The second-order valence-corrected chi connectivity index (χ2v) is 7.40. The zero-order chi connectivity index (χ0) is 15.3. The summed E-state index contributed by atoms with van der Waals surface area (Å²) in [7, 11) is -3.74. The molecule has 1 rings (SSSR count). The van der Waals surface area contributed by atoms with E-state index >= 15 is 0 Å². The van der Waals surface area contributed by atoms with E-state index in [1.165, 1.54) is 12.1 Å². The van der Waals surface area contributed by atoms with E-state index < -0.39 is 21.5 Å². The summed E-state index contributed by atoms with van der Waals surface area (Å²) in [6.45, 7) is 3.88. The van der Waals surface area contributed by atoms with Crippen LogP contribution in [0.1, 0.15) is 26.7 Å². The Balaban J connectivity index is 2.90. The first-order valence-electron chi connectivity index (χ1n) is 6.37. The number of carbonyl (C=O) groups is 1. The number of hydrogen-bond donors (Lipinski definition) is 2. The first-order chi connectivity index (χ1) is 9.30. The van der Waals surface area contributed by atoms with Crippen molar-refractivity contribution in [3.05, 3.63) is 22.7 Å². The van der Waals surface area contributed by atoms with Gasteiger partial charge in [-0.1, -0.05) is 29.8 Å². The van der Waals surface area contributed by atoms with E-state index in [1.54, 1.807) is 6.07 Å². The number of anilines is 1. The molecule has 0 aromatic heterocycles. The van der Waals surface area contributed by atoms with Crippen molar-refractivity contribution in [3.63, 3.8) is 0 Å². The van der Waals surface area contributed by atoms with Crippen LogP contribution in [0.2, 0.25) is 0 Å². The minimum absolute atomic E-state index is 0.00226. The Morgan fingerprint density at radius 1 is 1.35 bits per heavy atom. The lowest BCUT2D eigenvalue weighted by Crippen LogP contribution is -2.37. The van der Waals surface area contributed by atoms with Crippen molar-refractivity contribution in [1.29, 1.82) is 0 Å². The summed E-state index contributed by atoms with van der Waals surface area (Å²) in [6, 6.07) is 4.56. The molecule has 20 heavy (non-hydrogen) atoms. The highest BCUT2D eigenvalue weighted by Crippen LogP contribution is 2.24. The van der Waals surface area contributed by atoms with Gasteiger partial charge in [0, 0.05) is 10.5 Å². The maximum atomic E-state index is 12.2. The van der Waals surface area contributed by atoms with E-state index in [0.717, 1.165) is 12.8 Å². The van der Waals surface area contributed by atoms with Gasteiger partial charge in [0.15, 0.2) is 9.84 Å². The summed E-state index contributed by atoms with van der Waals surface area (Å²) < 4.78 is 25.0. The molecule has 1 aromatic carbocycles. The van der Waals surface area contributed by atoms with Crippen molar-refractivity contribution in [2.45, 2.75) is 37.6 Å². The quantitative estimate of drug-likeness (QED) is 0.758. The molecule has 0 saturated heterocycles. The van der Waals surface area contributed by atoms with E-state index in [4.69, 9.17) is 5.73 Å². The van der Waals surface area contributed by atoms with Crippen LogP contribution in [0.4, 0.5) is 5.69 Å². The van der Waals surface area contributed by atoms with E-state index in [-0.39, 0.29) is 16.6 Å². The van der Waals surface area contributed by atoms with Crippen molar-refractivity contribution in [2.75, 3.05) is 11.5 Å². The molecule has 0 radical (unpaired) electrons. The molecule has 1 amide bonds. The average molecular weight is 363 g/mol. The first kappa shape index (κ1) is 17.0. The standard InChI is InChI=1S/C13H19BrN2O3S/c1-3-10(4-2)16-13(17)8-20(18,19)12-7-9(14)5-6-11(12)15/h5-7,10H,3-4,8,15H2,1-2H3,(H,16,17). The minimum Gasteiger partial charge on any atom is -0.398 e. The maximum Gasteiger partial charge on any atom is 0.235 e. The van der Waals surface area contributed by atoms with Crippen LogP contribution in [0.3, 0.4) is 0 Å². The molecule has 112 valence electrons. The predicted molar refractivity (Wildman–Crippen MR) is 83.1 cm³/mol. The van der Waals surface area contributed by atoms with Gasteiger partial charge in [-0.25, -0.2) is 8.42 Å². The van der Waals surface area contributed by atoms with E-state index in [9.17, 15) is 13.2 Å². The third-order valence-corrected chi connectivity index (χ3v) is 5.14. The molecule has 7 heteroatoms. The highest BCUT2D eigenvalue weighted by molar-refractivity contribution is 9.10. The number of amides is 1. The molecule has 0 saturated carbocycles. The van der Waals surface area contributed by atoms with Gasteiger partial charge in [-0.15, -0.1) is 0 Å². The van der Waals surface area contributed by atoms with Gasteiger partial charge in [0.2, 0.25) is 5.91 Å². The average Bonchev–Trinajstić information content (AvgIpc) is 2.38. The third-order valence-electron chi connectivity index (χ3n) is 2.98. The highest BCUT2D eigenvalue weighted by atomic mass is 79.9. The first-order valence-corrected chi connectivity index (χ1v) is 8.81. The van der Waals surface area contributed by atoms with E-state index in [1.807, 2.05) is 13.8 Å². The minimum atomic E-state index is -3.74. The van der Waals surface area contributed by atoms with Crippen LogP contribution >= 0.6 is 15.9 Å². The molecule has 3 N–H and O–H groups in total. The van der Waals surface area contributed by atoms with Gasteiger partial charge < -0.3 is 11.1 Å². The van der Waals surface area contributed by atoms with Crippen LogP contribution in [0, 0.1) is 0 Å². The van der Waals surface area contributed by atoms with Gasteiger partial charge in [-0.2, -0.15) is 0 Å². The number of benzene rings is 1. The fraction of sp³-hybridized carbons (Fsp3) is 0.462. The van der Waals surface area contributed by atoms with Gasteiger partial charge in [-0.3, -0.25) is 4.79 Å². The van der Waals surface area contributed by atoms with Crippen LogP contribution < -0.4 is 11.1 Å². The molecule has 0 spiro atoms. The molecule has 0 aliphatic rings. The predicted octanol–water partition coefficient (Wildman–Crippen LogP) is 2.11. The van der Waals surface area contributed by atoms with Crippen LogP contribution in [0.5, 0.6) is 0 Å². The normalized spacial score (nSPS) is 11.6. The number of nitrogen functional groups attached to an aromatic ring is 1. The van der Waals surface area contributed by atoms with Crippen molar-refractivity contribution >= 4 is 37.4 Å².